The number of carbonyl (C=O) groups excluding carboxylic acids is 1. The summed E-state index contributed by atoms with van der Waals surface area (Å²) in [5, 5.41) is 9.11. The van der Waals surface area contributed by atoms with Gasteiger partial charge in [-0.1, -0.05) is 6.92 Å². The van der Waals surface area contributed by atoms with Crippen LogP contribution >= 0.6 is 0 Å². The van der Waals surface area contributed by atoms with Gasteiger partial charge in [0.1, 0.15) is 17.3 Å². The number of hydrogen-bond donors (Lipinski definition) is 3. The summed E-state index contributed by atoms with van der Waals surface area (Å²) in [5.41, 5.74) is 1.24. The molecule has 6 nitrogen and oxygen atoms in total. The van der Waals surface area contributed by atoms with Crippen molar-refractivity contribution < 1.29 is 9.18 Å². The van der Waals surface area contributed by atoms with Gasteiger partial charge in [0.05, 0.1) is 6.20 Å². The average molecular weight is 378 g/mol. The van der Waals surface area contributed by atoms with Gasteiger partial charge in [-0.05, 0) is 64.5 Å². The first-order valence-corrected chi connectivity index (χ1v) is 9.33. The molecule has 1 aromatic rings. The lowest BCUT2D eigenvalue weighted by Gasteiger charge is -2.26. The van der Waals surface area contributed by atoms with E-state index in [1.807, 2.05) is 18.9 Å². The van der Waals surface area contributed by atoms with Gasteiger partial charge in [0.25, 0.3) is 5.91 Å². The minimum Gasteiger partial charge on any atom is -0.373 e. The molecule has 0 spiro atoms. The SMILES string of the molecule is CCCN(/C(=C\N=C(/C)C(=O)NC(C)CCNC)NC)c1ccc(F)cc1. The molecule has 150 valence electrons. The fourth-order valence-electron chi connectivity index (χ4n) is 2.48. The number of carbonyl (C=O) groups is 1. The number of rotatable bonds is 11. The molecule has 0 aromatic heterocycles. The molecular weight excluding hydrogens is 345 g/mol. The zero-order valence-corrected chi connectivity index (χ0v) is 17.0. The Morgan fingerprint density at radius 3 is 2.52 bits per heavy atom. The molecule has 1 unspecified atom stereocenters. The summed E-state index contributed by atoms with van der Waals surface area (Å²) >= 11 is 0. The molecule has 1 aromatic carbocycles. The van der Waals surface area contributed by atoms with Gasteiger partial charge in [-0.2, -0.15) is 0 Å². The molecule has 0 radical (unpaired) electrons. The molecule has 7 heteroatoms. The number of anilines is 1. The molecular formula is C20H32FN5O. The summed E-state index contributed by atoms with van der Waals surface area (Å²) in [5.74, 6) is 0.274. The second kappa shape index (κ2) is 12.1. The number of halogens is 1. The standard InChI is InChI=1S/C20H32FN5O/c1-6-13-26(18-9-7-17(21)8-10-18)19(23-5)14-24-16(3)20(27)25-15(2)11-12-22-4/h7-10,14-15,22-23H,6,11-13H2,1-5H3,(H,25,27)/b19-14-,24-16+. The maximum atomic E-state index is 13.2. The van der Waals surface area contributed by atoms with Crippen LogP contribution in [0.2, 0.25) is 0 Å². The van der Waals surface area contributed by atoms with E-state index >= 15 is 0 Å². The predicted molar refractivity (Wildman–Crippen MR) is 110 cm³/mol. The van der Waals surface area contributed by atoms with Crippen LogP contribution in [0.15, 0.2) is 41.3 Å². The molecule has 27 heavy (non-hydrogen) atoms. The smallest absolute Gasteiger partial charge is 0.265 e. The van der Waals surface area contributed by atoms with Gasteiger partial charge >= 0.3 is 0 Å². The normalized spacial score (nSPS) is 13.3. The highest BCUT2D eigenvalue weighted by Gasteiger charge is 2.12. The predicted octanol–water partition coefficient (Wildman–Crippen LogP) is 2.64. The molecule has 1 rings (SSSR count). The summed E-state index contributed by atoms with van der Waals surface area (Å²) in [6.07, 6.45) is 3.39. The third-order valence-corrected chi connectivity index (χ3v) is 4.05. The first kappa shape index (κ1) is 22.6. The Labute approximate surface area is 161 Å². The van der Waals surface area contributed by atoms with E-state index in [9.17, 15) is 9.18 Å². The first-order valence-electron chi connectivity index (χ1n) is 9.33. The van der Waals surface area contributed by atoms with E-state index in [1.165, 1.54) is 12.1 Å². The summed E-state index contributed by atoms with van der Waals surface area (Å²) in [4.78, 5) is 18.6. The van der Waals surface area contributed by atoms with Gasteiger partial charge < -0.3 is 20.9 Å². The van der Waals surface area contributed by atoms with Crippen molar-refractivity contribution in [1.29, 1.82) is 0 Å². The van der Waals surface area contributed by atoms with Crippen molar-refractivity contribution in [2.45, 2.75) is 39.7 Å². The van der Waals surface area contributed by atoms with Crippen molar-refractivity contribution >= 4 is 17.3 Å². The zero-order chi connectivity index (χ0) is 20.2. The van der Waals surface area contributed by atoms with Crippen LogP contribution in [0.4, 0.5) is 10.1 Å². The molecule has 0 saturated heterocycles. The van der Waals surface area contributed by atoms with E-state index in [1.54, 1.807) is 32.3 Å². The summed E-state index contributed by atoms with van der Waals surface area (Å²) in [6.45, 7) is 7.30. The van der Waals surface area contributed by atoms with Gasteiger partial charge in [-0.25, -0.2) is 4.39 Å². The van der Waals surface area contributed by atoms with Crippen molar-refractivity contribution in [3.8, 4) is 0 Å². The van der Waals surface area contributed by atoms with Gasteiger partial charge in [-0.3, -0.25) is 9.79 Å². The molecule has 0 heterocycles. The van der Waals surface area contributed by atoms with Crippen molar-refractivity contribution in [3.05, 3.63) is 42.1 Å². The number of amides is 1. The highest BCUT2D eigenvalue weighted by molar-refractivity contribution is 6.38. The zero-order valence-electron chi connectivity index (χ0n) is 17.0. The first-order chi connectivity index (χ1) is 12.9. The van der Waals surface area contributed by atoms with Crippen molar-refractivity contribution in [1.82, 2.24) is 16.0 Å². The number of hydrogen-bond acceptors (Lipinski definition) is 5. The second-order valence-electron chi connectivity index (χ2n) is 6.37. The number of aliphatic imine (C=N–C) groups is 1. The largest absolute Gasteiger partial charge is 0.373 e. The Kier molecular flexibility index (Phi) is 10.1. The van der Waals surface area contributed by atoms with Crippen molar-refractivity contribution in [3.63, 3.8) is 0 Å². The molecule has 1 atom stereocenters. The molecule has 0 aliphatic heterocycles. The Balaban J connectivity index is 2.92. The number of benzene rings is 1. The highest BCUT2D eigenvalue weighted by Crippen LogP contribution is 2.19. The second-order valence-corrected chi connectivity index (χ2v) is 6.37. The van der Waals surface area contributed by atoms with Gasteiger partial charge in [-0.15, -0.1) is 0 Å². The van der Waals surface area contributed by atoms with Gasteiger partial charge in [0.2, 0.25) is 0 Å². The van der Waals surface area contributed by atoms with Crippen LogP contribution in [0, 0.1) is 5.82 Å². The van der Waals surface area contributed by atoms with Crippen LogP contribution in [0.25, 0.3) is 0 Å². The van der Waals surface area contributed by atoms with Crippen LogP contribution in [0.3, 0.4) is 0 Å². The molecule has 1 amide bonds. The molecule has 0 fully saturated rings. The van der Waals surface area contributed by atoms with Crippen LogP contribution in [-0.4, -0.2) is 44.8 Å². The highest BCUT2D eigenvalue weighted by atomic mass is 19.1. The average Bonchev–Trinajstić information content (AvgIpc) is 2.66. The fourth-order valence-corrected chi connectivity index (χ4v) is 2.48. The lowest BCUT2D eigenvalue weighted by atomic mass is 10.2. The Morgan fingerprint density at radius 1 is 1.30 bits per heavy atom. The Bertz CT molecular complexity index is 642. The molecule has 0 aliphatic carbocycles. The lowest BCUT2D eigenvalue weighted by molar-refractivity contribution is -0.115. The Hall–Kier alpha value is -2.41. The number of nitrogens with one attached hydrogen (secondary N) is 3. The maximum absolute atomic E-state index is 13.2. The molecule has 0 saturated carbocycles. The summed E-state index contributed by atoms with van der Waals surface area (Å²) in [7, 11) is 3.68. The van der Waals surface area contributed by atoms with E-state index in [0.29, 0.717) is 5.71 Å². The van der Waals surface area contributed by atoms with Crippen LogP contribution in [0.1, 0.15) is 33.6 Å². The minimum atomic E-state index is -0.275. The molecule has 0 aliphatic rings. The monoisotopic (exact) mass is 377 g/mol. The maximum Gasteiger partial charge on any atom is 0.265 e. The van der Waals surface area contributed by atoms with E-state index < -0.39 is 0 Å². The third-order valence-electron chi connectivity index (χ3n) is 4.05. The quantitative estimate of drug-likeness (QED) is 0.519. The van der Waals surface area contributed by atoms with Crippen LogP contribution in [0.5, 0.6) is 0 Å². The minimum absolute atomic E-state index is 0.0682. The van der Waals surface area contributed by atoms with Crippen molar-refractivity contribution in [2.75, 3.05) is 32.1 Å². The van der Waals surface area contributed by atoms with E-state index in [4.69, 9.17) is 0 Å². The van der Waals surface area contributed by atoms with Crippen molar-refractivity contribution in [2.24, 2.45) is 4.99 Å². The van der Waals surface area contributed by atoms with Crippen LogP contribution in [-0.2, 0) is 4.79 Å². The Morgan fingerprint density at radius 2 is 1.96 bits per heavy atom. The van der Waals surface area contributed by atoms with E-state index in [2.05, 4.69) is 27.9 Å². The topological polar surface area (TPSA) is 68.8 Å². The van der Waals surface area contributed by atoms with E-state index in [0.717, 1.165) is 37.4 Å². The third kappa shape index (κ3) is 7.78. The van der Waals surface area contributed by atoms with Gasteiger partial charge in [0.15, 0.2) is 0 Å². The summed E-state index contributed by atoms with van der Waals surface area (Å²) < 4.78 is 13.2. The summed E-state index contributed by atoms with van der Waals surface area (Å²) in [6, 6.07) is 6.38. The lowest BCUT2D eigenvalue weighted by Crippen LogP contribution is -2.38. The fraction of sp³-hybridized carbons (Fsp3) is 0.500. The number of nitrogens with zero attached hydrogens (tertiary/aromatic N) is 2. The van der Waals surface area contributed by atoms with Gasteiger partial charge in [0, 0.05) is 25.3 Å². The van der Waals surface area contributed by atoms with E-state index in [-0.39, 0.29) is 17.8 Å². The molecule has 3 N–H and O–H groups in total. The van der Waals surface area contributed by atoms with Crippen LogP contribution < -0.4 is 20.9 Å². The molecule has 0 bridgehead atoms.